The zero-order valence-electron chi connectivity index (χ0n) is 14.2. The first-order valence-electron chi connectivity index (χ1n) is 8.29. The molecule has 0 spiro atoms. The normalized spacial score (nSPS) is 17.6. The second-order valence-corrected chi connectivity index (χ2v) is 8.85. The molecule has 0 unspecified atom stereocenters. The number of anilines is 1. The molecular weight excluding hydrogens is 382 g/mol. The summed E-state index contributed by atoms with van der Waals surface area (Å²) in [7, 11) is -2.68. The van der Waals surface area contributed by atoms with Crippen LogP contribution in [0.3, 0.4) is 0 Å². The molecule has 2 amide bonds. The minimum atomic E-state index is -4.00. The van der Waals surface area contributed by atoms with E-state index in [0.29, 0.717) is 5.69 Å². The Morgan fingerprint density at radius 1 is 1.38 bits per heavy atom. The lowest BCUT2D eigenvalue weighted by Gasteiger charge is -2.22. The number of halogens is 1. The van der Waals surface area contributed by atoms with E-state index in [-0.39, 0.29) is 46.7 Å². The molecule has 26 heavy (non-hydrogen) atoms. The van der Waals surface area contributed by atoms with Crippen molar-refractivity contribution in [3.8, 4) is 5.75 Å². The van der Waals surface area contributed by atoms with Gasteiger partial charge in [-0.25, -0.2) is 8.42 Å². The van der Waals surface area contributed by atoms with E-state index < -0.39 is 10.0 Å². The topological polar surface area (TPSA) is 105 Å². The fraction of sp³-hybridized carbons (Fsp3) is 0.500. The number of nitrogens with one attached hydrogen (secondary N) is 2. The lowest BCUT2D eigenvalue weighted by atomic mass is 10.2. The lowest BCUT2D eigenvalue weighted by Crippen LogP contribution is -2.41. The molecule has 142 valence electrons. The number of carbonyl (C=O) groups is 2. The Bertz CT molecular complexity index is 837. The van der Waals surface area contributed by atoms with Gasteiger partial charge in [0.15, 0.2) is 6.61 Å². The molecule has 8 nitrogen and oxygen atoms in total. The van der Waals surface area contributed by atoms with Crippen LogP contribution >= 0.6 is 11.6 Å². The van der Waals surface area contributed by atoms with E-state index in [2.05, 4.69) is 10.6 Å². The van der Waals surface area contributed by atoms with Gasteiger partial charge in [-0.1, -0.05) is 24.4 Å². The number of sulfonamides is 1. The van der Waals surface area contributed by atoms with E-state index in [1.54, 1.807) is 0 Å². The molecule has 0 saturated heterocycles. The third-order valence-corrected chi connectivity index (χ3v) is 6.71. The average Bonchev–Trinajstić information content (AvgIpc) is 3.06. The smallest absolute Gasteiger partial charge is 0.262 e. The molecule has 1 aliphatic heterocycles. The number of fused-ring (bicyclic) bond motifs is 1. The first-order valence-corrected chi connectivity index (χ1v) is 10.1. The zero-order valence-corrected chi connectivity index (χ0v) is 15.8. The van der Waals surface area contributed by atoms with Crippen LogP contribution in [0, 0.1) is 0 Å². The van der Waals surface area contributed by atoms with Crippen molar-refractivity contribution in [1.29, 1.82) is 0 Å². The number of rotatable bonds is 5. The highest BCUT2D eigenvalue weighted by molar-refractivity contribution is 7.89. The third-order valence-electron chi connectivity index (χ3n) is 4.44. The highest BCUT2D eigenvalue weighted by Crippen LogP contribution is 2.36. The maximum absolute atomic E-state index is 12.8. The Hall–Kier alpha value is -1.84. The van der Waals surface area contributed by atoms with Crippen LogP contribution in [0.1, 0.15) is 25.7 Å². The maximum atomic E-state index is 12.8. The Morgan fingerprint density at radius 3 is 2.77 bits per heavy atom. The fourth-order valence-corrected chi connectivity index (χ4v) is 4.72. The molecule has 2 N–H and O–H groups in total. The summed E-state index contributed by atoms with van der Waals surface area (Å²) in [6, 6.07) is 2.70. The van der Waals surface area contributed by atoms with Crippen LogP contribution in [-0.4, -0.2) is 50.8 Å². The number of carbonyl (C=O) groups excluding carboxylic acids is 2. The van der Waals surface area contributed by atoms with Gasteiger partial charge in [-0.15, -0.1) is 0 Å². The first kappa shape index (κ1) is 18.9. The number of nitrogens with zero attached hydrogens (tertiary/aromatic N) is 1. The number of amides is 2. The van der Waals surface area contributed by atoms with Crippen molar-refractivity contribution in [3.05, 3.63) is 17.2 Å². The molecule has 1 aliphatic carbocycles. The van der Waals surface area contributed by atoms with Crippen molar-refractivity contribution in [1.82, 2.24) is 9.62 Å². The molecular formula is C16H20ClN3O5S. The predicted molar refractivity (Wildman–Crippen MR) is 95.8 cm³/mol. The number of likely N-dealkylation sites (N-methyl/N-ethyl adjacent to an activating group) is 1. The van der Waals surface area contributed by atoms with Gasteiger partial charge in [0.2, 0.25) is 15.9 Å². The summed E-state index contributed by atoms with van der Waals surface area (Å²) < 4.78 is 31.8. The zero-order chi connectivity index (χ0) is 18.9. The van der Waals surface area contributed by atoms with E-state index in [9.17, 15) is 18.0 Å². The number of ether oxygens (including phenoxy) is 1. The monoisotopic (exact) mass is 401 g/mol. The fourth-order valence-electron chi connectivity index (χ4n) is 3.08. The summed E-state index contributed by atoms with van der Waals surface area (Å²) in [5, 5.41) is 5.35. The Morgan fingerprint density at radius 2 is 2.08 bits per heavy atom. The average molecular weight is 402 g/mol. The molecule has 1 aromatic carbocycles. The van der Waals surface area contributed by atoms with Gasteiger partial charge >= 0.3 is 0 Å². The van der Waals surface area contributed by atoms with E-state index in [0.717, 1.165) is 30.0 Å². The van der Waals surface area contributed by atoms with Crippen LogP contribution in [0.25, 0.3) is 0 Å². The maximum Gasteiger partial charge on any atom is 0.262 e. The van der Waals surface area contributed by atoms with Gasteiger partial charge in [-0.3, -0.25) is 9.59 Å². The van der Waals surface area contributed by atoms with E-state index in [4.69, 9.17) is 16.3 Å². The van der Waals surface area contributed by atoms with Gasteiger partial charge in [0.05, 0.1) is 17.3 Å². The Balaban J connectivity index is 1.76. The van der Waals surface area contributed by atoms with Crippen LogP contribution in [0.5, 0.6) is 5.75 Å². The van der Waals surface area contributed by atoms with Crippen molar-refractivity contribution < 1.29 is 22.7 Å². The molecule has 0 bridgehead atoms. The molecule has 3 rings (SSSR count). The minimum absolute atomic E-state index is 0.0578. The van der Waals surface area contributed by atoms with Gasteiger partial charge in [0.1, 0.15) is 10.6 Å². The number of benzene rings is 1. The number of hydrogen-bond donors (Lipinski definition) is 2. The van der Waals surface area contributed by atoms with E-state index >= 15 is 0 Å². The van der Waals surface area contributed by atoms with Crippen molar-refractivity contribution in [2.75, 3.05) is 25.5 Å². The largest absolute Gasteiger partial charge is 0.482 e. The minimum Gasteiger partial charge on any atom is -0.482 e. The molecule has 1 aromatic rings. The number of hydrogen-bond acceptors (Lipinski definition) is 5. The summed E-state index contributed by atoms with van der Waals surface area (Å²) in [4.78, 5) is 23.3. The van der Waals surface area contributed by atoms with Crippen LogP contribution < -0.4 is 15.4 Å². The van der Waals surface area contributed by atoms with Gasteiger partial charge < -0.3 is 15.4 Å². The third kappa shape index (κ3) is 3.94. The predicted octanol–water partition coefficient (Wildman–Crippen LogP) is 1.35. The van der Waals surface area contributed by atoms with E-state index in [1.807, 2.05) is 0 Å². The van der Waals surface area contributed by atoms with Gasteiger partial charge in [-0.05, 0) is 18.9 Å². The van der Waals surface area contributed by atoms with Crippen molar-refractivity contribution >= 4 is 39.1 Å². The Kier molecular flexibility index (Phi) is 5.40. The van der Waals surface area contributed by atoms with Gasteiger partial charge in [0.25, 0.3) is 5.91 Å². The highest BCUT2D eigenvalue weighted by Gasteiger charge is 2.29. The summed E-state index contributed by atoms with van der Waals surface area (Å²) >= 11 is 6.10. The highest BCUT2D eigenvalue weighted by atomic mass is 35.5. The molecule has 0 aromatic heterocycles. The van der Waals surface area contributed by atoms with Gasteiger partial charge in [-0.2, -0.15) is 4.31 Å². The van der Waals surface area contributed by atoms with Crippen LogP contribution in [-0.2, 0) is 19.6 Å². The second-order valence-electron chi connectivity index (χ2n) is 6.43. The summed E-state index contributed by atoms with van der Waals surface area (Å²) in [5.74, 6) is -0.471. The summed E-state index contributed by atoms with van der Waals surface area (Å²) in [5.41, 5.74) is 0.312. The summed E-state index contributed by atoms with van der Waals surface area (Å²) in [6.07, 6.45) is 3.98. The molecule has 1 heterocycles. The summed E-state index contributed by atoms with van der Waals surface area (Å²) in [6.45, 7) is -0.502. The second kappa shape index (κ2) is 7.42. The Labute approximate surface area is 156 Å². The van der Waals surface area contributed by atoms with Crippen molar-refractivity contribution in [2.24, 2.45) is 0 Å². The molecule has 2 aliphatic rings. The lowest BCUT2D eigenvalue weighted by molar-refractivity contribution is -0.122. The van der Waals surface area contributed by atoms with Crippen molar-refractivity contribution in [2.45, 2.75) is 36.6 Å². The molecule has 0 atom stereocenters. The molecule has 10 heteroatoms. The molecule has 0 radical (unpaired) electrons. The van der Waals surface area contributed by atoms with E-state index in [1.165, 1.54) is 19.2 Å². The van der Waals surface area contributed by atoms with Gasteiger partial charge in [0, 0.05) is 19.2 Å². The quantitative estimate of drug-likeness (QED) is 0.774. The van der Waals surface area contributed by atoms with Crippen LogP contribution in [0.15, 0.2) is 17.0 Å². The van der Waals surface area contributed by atoms with Crippen LogP contribution in [0.4, 0.5) is 5.69 Å². The SMILES string of the molecule is CN(CC(=O)NC1CCCC1)S(=O)(=O)c1cc2c(cc1Cl)NC(=O)CO2. The molecule has 1 fully saturated rings. The van der Waals surface area contributed by atoms with Crippen LogP contribution in [0.2, 0.25) is 5.02 Å². The van der Waals surface area contributed by atoms with Crippen molar-refractivity contribution in [3.63, 3.8) is 0 Å². The molecule has 1 saturated carbocycles. The standard InChI is InChI=1S/C16H20ClN3O5S/c1-20(8-15(21)18-10-4-2-3-5-10)26(23,24)14-7-13-12(6-11(14)17)19-16(22)9-25-13/h6-7,10H,2-5,8-9H2,1H3,(H,18,21)(H,19,22). The first-order chi connectivity index (χ1) is 12.3.